The number of aliphatic imine (C=N–C) groups is 1. The van der Waals surface area contributed by atoms with Gasteiger partial charge < -0.3 is 4.98 Å². The molecule has 0 radical (unpaired) electrons. The van der Waals surface area contributed by atoms with Gasteiger partial charge in [-0.15, -0.1) is 20.4 Å². The van der Waals surface area contributed by atoms with Crippen LogP contribution < -0.4 is 4.80 Å². The summed E-state index contributed by atoms with van der Waals surface area (Å²) in [6, 6.07) is 15.4. The molecule has 0 aliphatic carbocycles. The molecule has 0 amide bonds. The quantitative estimate of drug-likeness (QED) is 0.418. The highest BCUT2D eigenvalue weighted by Crippen LogP contribution is 2.23. The number of halogens is 1. The zero-order valence-electron chi connectivity index (χ0n) is 14.8. The minimum absolute atomic E-state index is 0.380. The van der Waals surface area contributed by atoms with E-state index in [1.165, 1.54) is 22.7 Å². The van der Waals surface area contributed by atoms with Crippen molar-refractivity contribution >= 4 is 66.9 Å². The number of benzene rings is 2. The number of fused-ring (bicyclic) bond motifs is 3. The summed E-state index contributed by atoms with van der Waals surface area (Å²) in [6.45, 7) is 0.380. The number of aromatic nitrogens is 5. The minimum atomic E-state index is 0.380. The standard InChI is InChI=1S/C19H12ClN7S2/c20-12-7-5-11(6-8-12)9-21-18-26-24-15(28-18)10-22-19-27-25-16-13-3-1-2-4-14(13)23-17(16)29-19/h1-9,23H,10H2. The fourth-order valence-electron chi connectivity index (χ4n) is 2.72. The van der Waals surface area contributed by atoms with Crippen molar-refractivity contribution < 1.29 is 0 Å². The molecular weight excluding hydrogens is 426 g/mol. The van der Waals surface area contributed by atoms with E-state index >= 15 is 0 Å². The van der Waals surface area contributed by atoms with E-state index in [0.717, 1.165) is 31.8 Å². The number of H-pyrrole nitrogens is 1. The molecule has 1 N–H and O–H groups in total. The lowest BCUT2D eigenvalue weighted by Gasteiger charge is -1.91. The molecule has 3 heterocycles. The predicted molar refractivity (Wildman–Crippen MR) is 117 cm³/mol. The van der Waals surface area contributed by atoms with E-state index in [9.17, 15) is 0 Å². The van der Waals surface area contributed by atoms with E-state index in [1.54, 1.807) is 6.21 Å². The van der Waals surface area contributed by atoms with Crippen molar-refractivity contribution in [1.29, 1.82) is 0 Å². The smallest absolute Gasteiger partial charge is 0.231 e. The number of rotatable bonds is 4. The van der Waals surface area contributed by atoms with Crippen LogP contribution in [0.15, 0.2) is 58.5 Å². The van der Waals surface area contributed by atoms with Crippen LogP contribution in [0.3, 0.4) is 0 Å². The highest BCUT2D eigenvalue weighted by molar-refractivity contribution is 7.15. The Morgan fingerprint density at radius 3 is 2.72 bits per heavy atom. The molecule has 0 aliphatic heterocycles. The summed E-state index contributed by atoms with van der Waals surface area (Å²) in [4.78, 5) is 13.8. The molecule has 0 saturated heterocycles. The van der Waals surface area contributed by atoms with Gasteiger partial charge in [-0.05, 0) is 23.8 Å². The van der Waals surface area contributed by atoms with Gasteiger partial charge in [-0.25, -0.2) is 9.98 Å². The minimum Gasteiger partial charge on any atom is -0.345 e. The number of aromatic amines is 1. The van der Waals surface area contributed by atoms with Crippen LogP contribution in [0.5, 0.6) is 0 Å². The maximum atomic E-state index is 5.88. The van der Waals surface area contributed by atoms with Gasteiger partial charge in [-0.2, -0.15) is 0 Å². The topological polar surface area (TPSA) is 92.1 Å². The lowest BCUT2D eigenvalue weighted by molar-refractivity contribution is 0.904. The summed E-state index contributed by atoms with van der Waals surface area (Å²) in [5, 5.41) is 19.9. The summed E-state index contributed by atoms with van der Waals surface area (Å²) in [5.41, 5.74) is 2.84. The van der Waals surface area contributed by atoms with E-state index in [2.05, 4.69) is 35.4 Å². The van der Waals surface area contributed by atoms with Gasteiger partial charge >= 0.3 is 0 Å². The van der Waals surface area contributed by atoms with Crippen molar-refractivity contribution in [3.05, 3.63) is 68.9 Å². The highest BCUT2D eigenvalue weighted by atomic mass is 35.5. The molecule has 142 valence electrons. The van der Waals surface area contributed by atoms with Crippen LogP contribution in [0.25, 0.3) is 21.3 Å². The van der Waals surface area contributed by atoms with Gasteiger partial charge in [0.05, 0.1) is 6.54 Å². The van der Waals surface area contributed by atoms with Crippen LogP contribution in [0.4, 0.5) is 5.13 Å². The molecule has 5 rings (SSSR count). The molecule has 0 atom stereocenters. The maximum Gasteiger partial charge on any atom is 0.231 e. The van der Waals surface area contributed by atoms with Gasteiger partial charge in [-0.1, -0.05) is 64.6 Å². The van der Waals surface area contributed by atoms with Gasteiger partial charge in [0.25, 0.3) is 0 Å². The lowest BCUT2D eigenvalue weighted by atomic mass is 10.2. The Balaban J connectivity index is 1.35. The Bertz CT molecular complexity index is 1400. The summed E-state index contributed by atoms with van der Waals surface area (Å²) < 4.78 is 0. The summed E-state index contributed by atoms with van der Waals surface area (Å²) in [6.07, 6.45) is 1.73. The van der Waals surface area contributed by atoms with E-state index in [4.69, 9.17) is 11.6 Å². The molecule has 3 aromatic heterocycles. The summed E-state index contributed by atoms with van der Waals surface area (Å²) in [7, 11) is 0. The average Bonchev–Trinajstić information content (AvgIpc) is 3.35. The Morgan fingerprint density at radius 2 is 1.83 bits per heavy atom. The zero-order valence-corrected chi connectivity index (χ0v) is 17.2. The molecule has 10 heteroatoms. The van der Waals surface area contributed by atoms with Crippen molar-refractivity contribution in [3.63, 3.8) is 0 Å². The molecule has 0 bridgehead atoms. The lowest BCUT2D eigenvalue weighted by Crippen LogP contribution is -2.05. The molecule has 5 aromatic rings. The third-order valence-corrected chi connectivity index (χ3v) is 6.04. The van der Waals surface area contributed by atoms with Crippen LogP contribution in [-0.2, 0) is 6.54 Å². The van der Waals surface area contributed by atoms with Crippen LogP contribution in [0, 0.1) is 0 Å². The van der Waals surface area contributed by atoms with E-state index in [1.807, 2.05) is 48.5 Å². The van der Waals surface area contributed by atoms with Crippen molar-refractivity contribution in [1.82, 2.24) is 25.4 Å². The van der Waals surface area contributed by atoms with E-state index < -0.39 is 0 Å². The number of para-hydroxylation sites is 1. The predicted octanol–water partition coefficient (Wildman–Crippen LogP) is 4.53. The van der Waals surface area contributed by atoms with Gasteiger partial charge in [-0.3, -0.25) is 0 Å². The first-order valence-corrected chi connectivity index (χ1v) is 10.6. The molecule has 0 saturated carbocycles. The molecule has 7 nitrogen and oxygen atoms in total. The second-order valence-corrected chi connectivity index (χ2v) is 8.49. The molecule has 29 heavy (non-hydrogen) atoms. The summed E-state index contributed by atoms with van der Waals surface area (Å²) in [5.74, 6) is 0. The van der Waals surface area contributed by atoms with Crippen molar-refractivity contribution in [2.75, 3.05) is 0 Å². The number of nitrogens with one attached hydrogen (secondary N) is 1. The largest absolute Gasteiger partial charge is 0.345 e. The first-order valence-electron chi connectivity index (χ1n) is 8.61. The number of hydrogen-bond donors (Lipinski definition) is 1. The molecule has 0 spiro atoms. The van der Waals surface area contributed by atoms with Gasteiger partial charge in [0.1, 0.15) is 15.4 Å². The average molecular weight is 438 g/mol. The van der Waals surface area contributed by atoms with E-state index in [-0.39, 0.29) is 0 Å². The Hall–Kier alpha value is -3.01. The van der Waals surface area contributed by atoms with Crippen LogP contribution in [-0.4, -0.2) is 31.6 Å². The van der Waals surface area contributed by atoms with Gasteiger partial charge in [0.2, 0.25) is 9.93 Å². The number of hydrogen-bond acceptors (Lipinski definition) is 8. The molecule has 0 fully saturated rings. The SMILES string of the molecule is Clc1ccc(C=Nc2nnc(CN=c3nnc4c([nH]c5ccccc54)s3)s2)cc1. The first kappa shape index (κ1) is 18.0. The van der Waals surface area contributed by atoms with Crippen molar-refractivity contribution in [3.8, 4) is 0 Å². The van der Waals surface area contributed by atoms with Crippen LogP contribution >= 0.6 is 34.3 Å². The summed E-state index contributed by atoms with van der Waals surface area (Å²) >= 11 is 8.74. The first-order chi connectivity index (χ1) is 14.2. The maximum absolute atomic E-state index is 5.88. The molecule has 2 aromatic carbocycles. The monoisotopic (exact) mass is 437 g/mol. The Morgan fingerprint density at radius 1 is 0.966 bits per heavy atom. The van der Waals surface area contributed by atoms with Gasteiger partial charge in [0.15, 0.2) is 0 Å². The second-order valence-electron chi connectivity index (χ2n) is 6.04. The van der Waals surface area contributed by atoms with Crippen molar-refractivity contribution in [2.45, 2.75) is 6.54 Å². The zero-order chi connectivity index (χ0) is 19.6. The third kappa shape index (κ3) is 3.93. The molecular formula is C19H12ClN7S2. The van der Waals surface area contributed by atoms with Crippen LogP contribution in [0.2, 0.25) is 5.02 Å². The Labute approximate surface area is 177 Å². The Kier molecular flexibility index (Phi) is 4.84. The van der Waals surface area contributed by atoms with Crippen LogP contribution in [0.1, 0.15) is 10.6 Å². The van der Waals surface area contributed by atoms with Gasteiger partial charge in [0, 0.05) is 22.1 Å². The second kappa shape index (κ2) is 7.78. The highest BCUT2D eigenvalue weighted by Gasteiger charge is 2.06. The third-order valence-electron chi connectivity index (χ3n) is 4.07. The fraction of sp³-hybridized carbons (Fsp3) is 0.0526. The molecule has 0 unspecified atom stereocenters. The normalized spacial score (nSPS) is 12.5. The van der Waals surface area contributed by atoms with E-state index in [0.29, 0.717) is 21.5 Å². The fourth-order valence-corrected chi connectivity index (χ4v) is 4.25. The number of nitrogens with zero attached hydrogens (tertiary/aromatic N) is 6. The van der Waals surface area contributed by atoms with Crippen molar-refractivity contribution in [2.24, 2.45) is 9.98 Å². The molecule has 0 aliphatic rings.